The number of hydrogen-bond acceptors (Lipinski definition) is 6. The first-order valence-electron chi connectivity index (χ1n) is 9.90. The van der Waals surface area contributed by atoms with Gasteiger partial charge in [0.1, 0.15) is 23.9 Å². The molecular formula is C22H22ClFN4O3. The number of likely N-dealkylation sites (tertiary alicyclic amines) is 1. The first-order valence-corrected chi connectivity index (χ1v) is 10.3. The molecule has 7 nitrogen and oxygen atoms in total. The van der Waals surface area contributed by atoms with E-state index in [0.717, 1.165) is 12.0 Å². The van der Waals surface area contributed by atoms with Gasteiger partial charge < -0.3 is 15.2 Å². The van der Waals surface area contributed by atoms with Crippen molar-refractivity contribution in [1.29, 1.82) is 0 Å². The van der Waals surface area contributed by atoms with Gasteiger partial charge in [-0.25, -0.2) is 14.4 Å². The van der Waals surface area contributed by atoms with E-state index < -0.39 is 17.8 Å². The van der Waals surface area contributed by atoms with E-state index in [9.17, 15) is 14.3 Å². The van der Waals surface area contributed by atoms with Crippen LogP contribution in [-0.2, 0) is 11.3 Å². The van der Waals surface area contributed by atoms with Gasteiger partial charge >= 0.3 is 5.97 Å². The first kappa shape index (κ1) is 21.3. The number of aliphatic carboxylic acids is 1. The van der Waals surface area contributed by atoms with Crippen molar-refractivity contribution in [3.63, 3.8) is 0 Å². The summed E-state index contributed by atoms with van der Waals surface area (Å²) in [7, 11) is 1.56. The number of hydrogen-bond donors (Lipinski definition) is 2. The van der Waals surface area contributed by atoms with Crippen molar-refractivity contribution in [2.24, 2.45) is 0 Å². The summed E-state index contributed by atoms with van der Waals surface area (Å²) >= 11 is 5.89. The average Bonchev–Trinajstić information content (AvgIpc) is 3.12. The number of aromatic nitrogens is 2. The number of fused-ring (bicyclic) bond motifs is 1. The van der Waals surface area contributed by atoms with E-state index >= 15 is 0 Å². The lowest BCUT2D eigenvalue weighted by molar-refractivity contribution is -0.142. The van der Waals surface area contributed by atoms with Crippen LogP contribution in [0.15, 0.2) is 36.7 Å². The normalized spacial score (nSPS) is 19.0. The number of nitrogens with zero attached hydrogens (tertiary/aromatic N) is 3. The molecule has 162 valence electrons. The molecule has 2 heterocycles. The fourth-order valence-corrected chi connectivity index (χ4v) is 4.21. The van der Waals surface area contributed by atoms with Gasteiger partial charge in [0.2, 0.25) is 0 Å². The average molecular weight is 445 g/mol. The summed E-state index contributed by atoms with van der Waals surface area (Å²) in [6, 6.07) is 7.92. The molecule has 1 aliphatic rings. The van der Waals surface area contributed by atoms with Crippen LogP contribution in [0.2, 0.25) is 5.02 Å². The smallest absolute Gasteiger partial charge is 0.320 e. The Morgan fingerprint density at radius 3 is 2.90 bits per heavy atom. The zero-order chi connectivity index (χ0) is 22.1. The number of carboxylic acid groups (broad SMARTS) is 1. The van der Waals surface area contributed by atoms with Crippen LogP contribution in [0.5, 0.6) is 5.75 Å². The highest BCUT2D eigenvalue weighted by Gasteiger charge is 2.35. The minimum absolute atomic E-state index is 0.00783. The maximum absolute atomic E-state index is 14.4. The Morgan fingerprint density at radius 1 is 1.35 bits per heavy atom. The monoisotopic (exact) mass is 444 g/mol. The Balaban J connectivity index is 1.75. The number of anilines is 2. The van der Waals surface area contributed by atoms with Crippen LogP contribution in [0.3, 0.4) is 0 Å². The standard InChI is InChI=1S/C22H22ClFN4O3/c1-12-6-7-18(22(29)30)28(12)10-13-8-14-17(9-19(13)31-2)25-11-26-21(14)27-16-5-3-4-15(23)20(16)24/h3-5,8-9,11-12,18H,6-7,10H2,1-2H3,(H,29,30)(H,25,26,27)/t12?,18-/m0/s1. The Bertz CT molecular complexity index is 1140. The molecule has 2 atom stereocenters. The first-order chi connectivity index (χ1) is 14.9. The summed E-state index contributed by atoms with van der Waals surface area (Å²) in [5.41, 5.74) is 1.62. The molecule has 1 unspecified atom stereocenters. The van der Waals surface area contributed by atoms with E-state index in [1.54, 1.807) is 25.3 Å². The summed E-state index contributed by atoms with van der Waals surface area (Å²) in [5, 5.41) is 13.2. The summed E-state index contributed by atoms with van der Waals surface area (Å²) in [6.07, 6.45) is 2.81. The van der Waals surface area contributed by atoms with Gasteiger partial charge in [0.05, 0.1) is 23.3 Å². The van der Waals surface area contributed by atoms with E-state index in [-0.39, 0.29) is 16.8 Å². The van der Waals surface area contributed by atoms with Crippen molar-refractivity contribution >= 4 is 40.0 Å². The topological polar surface area (TPSA) is 87.6 Å². The van der Waals surface area contributed by atoms with Crippen LogP contribution in [0.4, 0.5) is 15.9 Å². The number of carbonyl (C=O) groups is 1. The fourth-order valence-electron chi connectivity index (χ4n) is 4.04. The molecule has 1 fully saturated rings. The Labute approximate surface area is 183 Å². The summed E-state index contributed by atoms with van der Waals surface area (Å²) in [5.74, 6) is -0.375. The van der Waals surface area contributed by atoms with Crippen molar-refractivity contribution in [1.82, 2.24) is 14.9 Å². The molecule has 4 rings (SSSR count). The molecule has 0 spiro atoms. The third-order valence-electron chi connectivity index (χ3n) is 5.70. The van der Waals surface area contributed by atoms with E-state index in [2.05, 4.69) is 15.3 Å². The predicted octanol–water partition coefficient (Wildman–Crippen LogP) is 4.61. The highest BCUT2D eigenvalue weighted by atomic mass is 35.5. The summed E-state index contributed by atoms with van der Waals surface area (Å²) < 4.78 is 20.0. The van der Waals surface area contributed by atoms with Crippen LogP contribution in [0.25, 0.3) is 10.9 Å². The van der Waals surface area contributed by atoms with Crippen molar-refractivity contribution in [2.45, 2.75) is 38.4 Å². The molecule has 0 amide bonds. The molecule has 2 N–H and O–H groups in total. The highest BCUT2D eigenvalue weighted by molar-refractivity contribution is 6.31. The van der Waals surface area contributed by atoms with Crippen LogP contribution < -0.4 is 10.1 Å². The molecule has 1 aromatic heterocycles. The summed E-state index contributed by atoms with van der Waals surface area (Å²) in [4.78, 5) is 22.2. The Hall–Kier alpha value is -2.97. The van der Waals surface area contributed by atoms with Crippen LogP contribution in [-0.4, -0.2) is 45.1 Å². The van der Waals surface area contributed by atoms with Crippen LogP contribution in [0, 0.1) is 5.82 Å². The van der Waals surface area contributed by atoms with Gasteiger partial charge in [-0.2, -0.15) is 0 Å². The Morgan fingerprint density at radius 2 is 2.16 bits per heavy atom. The van der Waals surface area contributed by atoms with Gasteiger partial charge in [-0.1, -0.05) is 17.7 Å². The van der Waals surface area contributed by atoms with E-state index in [0.29, 0.717) is 35.4 Å². The van der Waals surface area contributed by atoms with Gasteiger partial charge in [-0.3, -0.25) is 9.69 Å². The number of nitrogens with one attached hydrogen (secondary N) is 1. The van der Waals surface area contributed by atoms with Gasteiger partial charge in [0, 0.05) is 29.6 Å². The number of benzene rings is 2. The van der Waals surface area contributed by atoms with Crippen molar-refractivity contribution in [3.8, 4) is 5.75 Å². The highest BCUT2D eigenvalue weighted by Crippen LogP contribution is 2.34. The zero-order valence-electron chi connectivity index (χ0n) is 17.1. The van der Waals surface area contributed by atoms with Gasteiger partial charge in [0.25, 0.3) is 0 Å². The predicted molar refractivity (Wildman–Crippen MR) is 116 cm³/mol. The van der Waals surface area contributed by atoms with Crippen LogP contribution in [0.1, 0.15) is 25.3 Å². The van der Waals surface area contributed by atoms with Crippen molar-refractivity contribution in [2.75, 3.05) is 12.4 Å². The van der Waals surface area contributed by atoms with Gasteiger partial charge in [0.15, 0.2) is 5.82 Å². The van der Waals surface area contributed by atoms with Gasteiger partial charge in [-0.05, 0) is 38.0 Å². The lowest BCUT2D eigenvalue weighted by atomic mass is 10.1. The number of rotatable bonds is 6. The second-order valence-electron chi connectivity index (χ2n) is 7.58. The molecule has 2 aromatic carbocycles. The third-order valence-corrected chi connectivity index (χ3v) is 6.00. The molecule has 0 bridgehead atoms. The fraction of sp³-hybridized carbons (Fsp3) is 0.318. The molecule has 0 radical (unpaired) electrons. The summed E-state index contributed by atoms with van der Waals surface area (Å²) in [6.45, 7) is 2.42. The number of carboxylic acids is 1. The molecule has 0 saturated carbocycles. The number of halogens is 2. The molecule has 9 heteroatoms. The Kier molecular flexibility index (Phi) is 5.93. The number of ether oxygens (including phenoxy) is 1. The molecule has 31 heavy (non-hydrogen) atoms. The molecule has 1 saturated heterocycles. The molecule has 0 aliphatic carbocycles. The molecular weight excluding hydrogens is 423 g/mol. The van der Waals surface area contributed by atoms with E-state index in [4.69, 9.17) is 16.3 Å². The van der Waals surface area contributed by atoms with Crippen LogP contribution >= 0.6 is 11.6 Å². The lowest BCUT2D eigenvalue weighted by Crippen LogP contribution is -2.39. The maximum Gasteiger partial charge on any atom is 0.320 e. The second-order valence-corrected chi connectivity index (χ2v) is 7.99. The minimum atomic E-state index is -0.828. The quantitative estimate of drug-likeness (QED) is 0.573. The second kappa shape index (κ2) is 8.64. The van der Waals surface area contributed by atoms with E-state index in [1.807, 2.05) is 17.9 Å². The largest absolute Gasteiger partial charge is 0.496 e. The van der Waals surface area contributed by atoms with Crippen molar-refractivity contribution < 1.29 is 19.0 Å². The molecule has 3 aromatic rings. The van der Waals surface area contributed by atoms with Crippen molar-refractivity contribution in [3.05, 3.63) is 53.1 Å². The number of methoxy groups -OCH3 is 1. The third kappa shape index (κ3) is 4.13. The lowest BCUT2D eigenvalue weighted by Gasteiger charge is -2.26. The maximum atomic E-state index is 14.4. The van der Waals surface area contributed by atoms with Gasteiger partial charge in [-0.15, -0.1) is 0 Å². The zero-order valence-corrected chi connectivity index (χ0v) is 17.9. The SMILES string of the molecule is COc1cc2ncnc(Nc3cccc(Cl)c3F)c2cc1CN1C(C)CC[C@H]1C(=O)O. The van der Waals surface area contributed by atoms with E-state index in [1.165, 1.54) is 12.4 Å². The molecule has 1 aliphatic heterocycles. The minimum Gasteiger partial charge on any atom is -0.496 e.